The topological polar surface area (TPSA) is 0 Å². The fourth-order valence-corrected chi connectivity index (χ4v) is 1.71. The first-order valence-corrected chi connectivity index (χ1v) is 7.79. The maximum atomic E-state index is 4.28. The highest BCUT2D eigenvalue weighted by molar-refractivity contribution is 7.80. The van der Waals surface area contributed by atoms with Gasteiger partial charge >= 0.3 is 0 Å². The predicted octanol–water partition coefficient (Wildman–Crippen LogP) is 6.18. The molecule has 0 fully saturated rings. The second-order valence-corrected chi connectivity index (χ2v) is 5.11. The van der Waals surface area contributed by atoms with Gasteiger partial charge in [-0.15, -0.1) is 12.6 Å². The lowest BCUT2D eigenvalue weighted by atomic mass is 10.1. The number of thiol groups is 1. The molecule has 0 spiro atoms. The highest BCUT2D eigenvalue weighted by atomic mass is 32.1. The van der Waals surface area contributed by atoms with Crippen LogP contribution in [-0.4, -0.2) is 0 Å². The van der Waals surface area contributed by atoms with Gasteiger partial charge in [-0.1, -0.05) is 68.3 Å². The highest BCUT2D eigenvalue weighted by Crippen LogP contribution is 2.14. The first kappa shape index (κ1) is 18.8. The summed E-state index contributed by atoms with van der Waals surface area (Å²) in [6.45, 7) is 12.4. The maximum absolute atomic E-state index is 4.28. The molecule has 1 heteroatoms. The molecule has 0 unspecified atom stereocenters. The van der Waals surface area contributed by atoms with Gasteiger partial charge in [-0.05, 0) is 44.4 Å². The van der Waals surface area contributed by atoms with Crippen LogP contribution < -0.4 is 0 Å². The third kappa shape index (κ3) is 7.40. The van der Waals surface area contributed by atoms with Crippen molar-refractivity contribution in [3.05, 3.63) is 64.7 Å². The molecule has 2 aromatic carbocycles. The molecule has 0 radical (unpaired) electrons. The second-order valence-electron chi connectivity index (χ2n) is 4.63. The normalized spacial score (nSPS) is 8.95. The zero-order valence-corrected chi connectivity index (χ0v) is 14.6. The number of aryl methyl sites for hydroxylation is 4. The monoisotopic (exact) mass is 288 g/mol. The fourth-order valence-electron chi connectivity index (χ4n) is 1.57. The van der Waals surface area contributed by atoms with Crippen LogP contribution >= 0.6 is 12.6 Å². The minimum absolute atomic E-state index is 1.08. The van der Waals surface area contributed by atoms with Gasteiger partial charge < -0.3 is 0 Å². The predicted molar refractivity (Wildman–Crippen MR) is 95.1 cm³/mol. The SMILES string of the molecule is CC.CCc1ccc(S)c(C)c1.Cc1ccc(C)cc1. The maximum Gasteiger partial charge on any atom is 0.00694 e. The standard InChI is InChI=1S/C9H12S.C8H10.C2H6/c1-3-8-4-5-9(10)7(2)6-8;1-7-3-5-8(2)6-4-7;1-2/h4-6,10H,3H2,1-2H3;3-6H,1-2H3;1-2H3. The van der Waals surface area contributed by atoms with Crippen molar-refractivity contribution in [3.63, 3.8) is 0 Å². The first-order chi connectivity index (χ1) is 9.52. The Kier molecular flexibility index (Phi) is 9.92. The van der Waals surface area contributed by atoms with Crippen LogP contribution in [0.25, 0.3) is 0 Å². The van der Waals surface area contributed by atoms with E-state index in [-0.39, 0.29) is 0 Å². The molecule has 20 heavy (non-hydrogen) atoms. The number of benzene rings is 2. The Bertz CT molecular complexity index is 463. The van der Waals surface area contributed by atoms with E-state index < -0.39 is 0 Å². The molecule has 0 aliphatic rings. The van der Waals surface area contributed by atoms with E-state index in [4.69, 9.17) is 0 Å². The first-order valence-electron chi connectivity index (χ1n) is 7.34. The lowest BCUT2D eigenvalue weighted by molar-refractivity contribution is 1.11. The molecule has 0 atom stereocenters. The van der Waals surface area contributed by atoms with Crippen molar-refractivity contribution in [2.24, 2.45) is 0 Å². The largest absolute Gasteiger partial charge is 0.143 e. The summed E-state index contributed by atoms with van der Waals surface area (Å²) >= 11 is 4.28. The van der Waals surface area contributed by atoms with Gasteiger partial charge in [0.2, 0.25) is 0 Å². The minimum atomic E-state index is 1.08. The summed E-state index contributed by atoms with van der Waals surface area (Å²) in [5.41, 5.74) is 5.31. The van der Waals surface area contributed by atoms with Gasteiger partial charge in [-0.25, -0.2) is 0 Å². The number of rotatable bonds is 1. The van der Waals surface area contributed by atoms with Gasteiger partial charge in [0.15, 0.2) is 0 Å². The Morgan fingerprint density at radius 1 is 0.800 bits per heavy atom. The Hall–Kier alpha value is -1.21. The Morgan fingerprint density at radius 2 is 1.25 bits per heavy atom. The van der Waals surface area contributed by atoms with Crippen molar-refractivity contribution in [1.82, 2.24) is 0 Å². The molecule has 110 valence electrons. The number of hydrogen-bond acceptors (Lipinski definition) is 1. The molecule has 0 saturated carbocycles. The molecule has 0 amide bonds. The quantitative estimate of drug-likeness (QED) is 0.595. The summed E-state index contributed by atoms with van der Waals surface area (Å²) in [6, 6.07) is 14.8. The molecule has 0 saturated heterocycles. The average molecular weight is 288 g/mol. The van der Waals surface area contributed by atoms with Crippen LogP contribution in [0.5, 0.6) is 0 Å². The molecule has 2 rings (SSSR count). The van der Waals surface area contributed by atoms with Crippen molar-refractivity contribution < 1.29 is 0 Å². The summed E-state index contributed by atoms with van der Waals surface area (Å²) in [5, 5.41) is 0. The van der Waals surface area contributed by atoms with E-state index in [1.807, 2.05) is 13.8 Å². The molecule has 0 aliphatic heterocycles. The van der Waals surface area contributed by atoms with Crippen molar-refractivity contribution in [2.75, 3.05) is 0 Å². The average Bonchev–Trinajstić information content (AvgIpc) is 2.48. The summed E-state index contributed by atoms with van der Waals surface area (Å²) in [7, 11) is 0. The van der Waals surface area contributed by atoms with E-state index >= 15 is 0 Å². The minimum Gasteiger partial charge on any atom is -0.143 e. The summed E-state index contributed by atoms with van der Waals surface area (Å²) < 4.78 is 0. The van der Waals surface area contributed by atoms with Gasteiger partial charge in [0.1, 0.15) is 0 Å². The van der Waals surface area contributed by atoms with E-state index in [0.29, 0.717) is 0 Å². The van der Waals surface area contributed by atoms with Crippen LogP contribution in [-0.2, 0) is 6.42 Å². The molecular weight excluding hydrogens is 260 g/mol. The zero-order chi connectivity index (χ0) is 15.5. The Morgan fingerprint density at radius 3 is 1.60 bits per heavy atom. The van der Waals surface area contributed by atoms with Gasteiger partial charge in [0, 0.05) is 4.90 Å². The molecule has 0 heterocycles. The third-order valence-electron chi connectivity index (χ3n) is 2.89. The molecule has 0 aromatic heterocycles. The zero-order valence-electron chi connectivity index (χ0n) is 13.7. The Labute approximate surface area is 130 Å². The van der Waals surface area contributed by atoms with Gasteiger partial charge in [0.05, 0.1) is 0 Å². The summed E-state index contributed by atoms with van der Waals surface area (Å²) in [5.74, 6) is 0. The lowest BCUT2D eigenvalue weighted by Crippen LogP contribution is -1.82. The third-order valence-corrected chi connectivity index (χ3v) is 3.39. The van der Waals surface area contributed by atoms with Crippen molar-refractivity contribution in [3.8, 4) is 0 Å². The van der Waals surface area contributed by atoms with Crippen LogP contribution in [0.2, 0.25) is 0 Å². The van der Waals surface area contributed by atoms with Crippen LogP contribution in [0.3, 0.4) is 0 Å². The van der Waals surface area contributed by atoms with Crippen molar-refractivity contribution in [2.45, 2.75) is 52.9 Å². The molecule has 0 aliphatic carbocycles. The van der Waals surface area contributed by atoms with Gasteiger partial charge in [-0.2, -0.15) is 0 Å². The Balaban J connectivity index is 0.000000327. The van der Waals surface area contributed by atoms with Crippen molar-refractivity contribution in [1.29, 1.82) is 0 Å². The van der Waals surface area contributed by atoms with Crippen LogP contribution in [0.4, 0.5) is 0 Å². The molecule has 0 bridgehead atoms. The molecular formula is C19H28S. The van der Waals surface area contributed by atoms with Crippen LogP contribution in [0.15, 0.2) is 47.4 Å². The molecule has 0 N–H and O–H groups in total. The van der Waals surface area contributed by atoms with E-state index in [0.717, 1.165) is 11.3 Å². The summed E-state index contributed by atoms with van der Waals surface area (Å²) in [4.78, 5) is 1.08. The van der Waals surface area contributed by atoms with Crippen LogP contribution in [0.1, 0.15) is 43.0 Å². The molecule has 0 nitrogen and oxygen atoms in total. The fraction of sp³-hybridized carbons (Fsp3) is 0.368. The van der Waals surface area contributed by atoms with E-state index in [2.05, 4.69) is 82.8 Å². The lowest BCUT2D eigenvalue weighted by Gasteiger charge is -2.00. The van der Waals surface area contributed by atoms with E-state index in [9.17, 15) is 0 Å². The van der Waals surface area contributed by atoms with Crippen LogP contribution in [0, 0.1) is 20.8 Å². The smallest absolute Gasteiger partial charge is 0.00694 e. The highest BCUT2D eigenvalue weighted by Gasteiger charge is 1.92. The molecule has 2 aromatic rings. The van der Waals surface area contributed by atoms with Crippen molar-refractivity contribution >= 4 is 12.6 Å². The van der Waals surface area contributed by atoms with E-state index in [1.54, 1.807) is 0 Å². The van der Waals surface area contributed by atoms with Gasteiger partial charge in [0.25, 0.3) is 0 Å². The van der Waals surface area contributed by atoms with E-state index in [1.165, 1.54) is 22.3 Å². The summed E-state index contributed by atoms with van der Waals surface area (Å²) in [6.07, 6.45) is 1.11. The second kappa shape index (κ2) is 10.6. The van der Waals surface area contributed by atoms with Gasteiger partial charge in [-0.3, -0.25) is 0 Å². The number of hydrogen-bond donors (Lipinski definition) is 1.